The molecule has 1 aromatic rings. The lowest BCUT2D eigenvalue weighted by Crippen LogP contribution is -2.40. The molecule has 13 heavy (non-hydrogen) atoms. The number of rotatable bonds is 1. The zero-order chi connectivity index (χ0) is 9.31. The van der Waals surface area contributed by atoms with Gasteiger partial charge in [-0.15, -0.1) is 0 Å². The normalized spacial score (nSPS) is 21.7. The molecule has 1 aromatic heterocycles. The molecule has 0 bridgehead atoms. The van der Waals surface area contributed by atoms with Crippen molar-refractivity contribution in [2.75, 3.05) is 0 Å². The summed E-state index contributed by atoms with van der Waals surface area (Å²) in [6.45, 7) is 0. The highest BCUT2D eigenvalue weighted by Gasteiger charge is 2.30. The highest BCUT2D eigenvalue weighted by Crippen LogP contribution is 2.34. The SMILES string of the molecule is Cn1cccc1C1(N)CCCCC1. The van der Waals surface area contributed by atoms with Gasteiger partial charge < -0.3 is 10.3 Å². The van der Waals surface area contributed by atoms with Crippen LogP contribution in [0.2, 0.25) is 0 Å². The summed E-state index contributed by atoms with van der Waals surface area (Å²) in [5.41, 5.74) is 7.66. The lowest BCUT2D eigenvalue weighted by atomic mass is 9.80. The fourth-order valence-corrected chi connectivity index (χ4v) is 2.42. The minimum atomic E-state index is -0.0451. The maximum absolute atomic E-state index is 6.40. The number of aryl methyl sites for hydroxylation is 1. The summed E-state index contributed by atoms with van der Waals surface area (Å²) in [6, 6.07) is 4.24. The number of nitrogens with two attached hydrogens (primary N) is 1. The average Bonchev–Trinajstić information content (AvgIpc) is 2.53. The average molecular weight is 178 g/mol. The van der Waals surface area contributed by atoms with Crippen molar-refractivity contribution in [1.82, 2.24) is 4.57 Å². The molecular weight excluding hydrogens is 160 g/mol. The van der Waals surface area contributed by atoms with E-state index in [0.29, 0.717) is 0 Å². The molecule has 0 amide bonds. The van der Waals surface area contributed by atoms with Crippen LogP contribution in [-0.4, -0.2) is 4.57 Å². The van der Waals surface area contributed by atoms with Crippen molar-refractivity contribution in [2.45, 2.75) is 37.6 Å². The third-order valence-corrected chi connectivity index (χ3v) is 3.20. The predicted octanol–water partition coefficient (Wildman–Crippen LogP) is 2.14. The maximum atomic E-state index is 6.40. The highest BCUT2D eigenvalue weighted by atomic mass is 15.0. The Morgan fingerprint density at radius 3 is 2.54 bits per heavy atom. The molecule has 0 atom stereocenters. The van der Waals surface area contributed by atoms with Gasteiger partial charge in [-0.3, -0.25) is 0 Å². The second-order valence-corrected chi connectivity index (χ2v) is 4.22. The third kappa shape index (κ3) is 1.51. The molecule has 0 aliphatic heterocycles. The monoisotopic (exact) mass is 178 g/mol. The van der Waals surface area contributed by atoms with Gasteiger partial charge in [0, 0.05) is 18.9 Å². The molecule has 72 valence electrons. The lowest BCUT2D eigenvalue weighted by molar-refractivity contribution is 0.289. The van der Waals surface area contributed by atoms with Crippen LogP contribution < -0.4 is 5.73 Å². The van der Waals surface area contributed by atoms with Crippen molar-refractivity contribution >= 4 is 0 Å². The summed E-state index contributed by atoms with van der Waals surface area (Å²) in [5, 5.41) is 0. The Morgan fingerprint density at radius 1 is 1.31 bits per heavy atom. The smallest absolute Gasteiger partial charge is 0.0563 e. The van der Waals surface area contributed by atoms with Gasteiger partial charge >= 0.3 is 0 Å². The van der Waals surface area contributed by atoms with E-state index in [1.165, 1.54) is 25.0 Å². The first-order valence-corrected chi connectivity index (χ1v) is 5.13. The van der Waals surface area contributed by atoms with Crippen molar-refractivity contribution in [3.8, 4) is 0 Å². The van der Waals surface area contributed by atoms with Gasteiger partial charge in [-0.2, -0.15) is 0 Å². The van der Waals surface area contributed by atoms with E-state index in [2.05, 4.69) is 29.9 Å². The molecule has 1 saturated carbocycles. The Hall–Kier alpha value is -0.760. The third-order valence-electron chi connectivity index (χ3n) is 3.20. The van der Waals surface area contributed by atoms with E-state index in [1.54, 1.807) is 0 Å². The Bertz CT molecular complexity index is 282. The predicted molar refractivity (Wildman–Crippen MR) is 54.4 cm³/mol. The quantitative estimate of drug-likeness (QED) is 0.701. The first-order valence-electron chi connectivity index (χ1n) is 5.13. The molecule has 0 aromatic carbocycles. The topological polar surface area (TPSA) is 30.9 Å². The number of hydrogen-bond donors (Lipinski definition) is 1. The van der Waals surface area contributed by atoms with Crippen molar-refractivity contribution in [2.24, 2.45) is 12.8 Å². The molecular formula is C11H18N2. The summed E-state index contributed by atoms with van der Waals surface area (Å²) in [7, 11) is 2.08. The second-order valence-electron chi connectivity index (χ2n) is 4.22. The van der Waals surface area contributed by atoms with Crippen LogP contribution in [0.15, 0.2) is 18.3 Å². The Morgan fingerprint density at radius 2 is 2.00 bits per heavy atom. The summed E-state index contributed by atoms with van der Waals surface area (Å²) in [6.07, 6.45) is 8.28. The fraction of sp³-hybridized carbons (Fsp3) is 0.636. The highest BCUT2D eigenvalue weighted by molar-refractivity contribution is 5.18. The van der Waals surface area contributed by atoms with Gasteiger partial charge in [-0.1, -0.05) is 19.3 Å². The Kier molecular flexibility index (Phi) is 2.16. The fourth-order valence-electron chi connectivity index (χ4n) is 2.42. The summed E-state index contributed by atoms with van der Waals surface area (Å²) >= 11 is 0. The van der Waals surface area contributed by atoms with Crippen LogP contribution in [-0.2, 0) is 12.6 Å². The molecule has 0 unspecified atom stereocenters. The molecule has 1 aliphatic rings. The largest absolute Gasteiger partial charge is 0.353 e. The first kappa shape index (κ1) is 8.82. The molecule has 1 fully saturated rings. The van der Waals surface area contributed by atoms with Crippen LogP contribution in [0.1, 0.15) is 37.8 Å². The van der Waals surface area contributed by atoms with Gasteiger partial charge in [-0.05, 0) is 25.0 Å². The van der Waals surface area contributed by atoms with Gasteiger partial charge in [0.1, 0.15) is 0 Å². The van der Waals surface area contributed by atoms with E-state index >= 15 is 0 Å². The van der Waals surface area contributed by atoms with Crippen LogP contribution in [0.3, 0.4) is 0 Å². The summed E-state index contributed by atoms with van der Waals surface area (Å²) < 4.78 is 2.16. The van der Waals surface area contributed by atoms with Crippen molar-refractivity contribution in [3.05, 3.63) is 24.0 Å². The molecule has 2 heteroatoms. The Balaban J connectivity index is 2.27. The summed E-state index contributed by atoms with van der Waals surface area (Å²) in [4.78, 5) is 0. The molecule has 1 aliphatic carbocycles. The molecule has 0 radical (unpaired) electrons. The van der Waals surface area contributed by atoms with Crippen LogP contribution in [0.4, 0.5) is 0 Å². The van der Waals surface area contributed by atoms with Crippen LogP contribution in [0, 0.1) is 0 Å². The number of aromatic nitrogens is 1. The van der Waals surface area contributed by atoms with Gasteiger partial charge in [-0.25, -0.2) is 0 Å². The van der Waals surface area contributed by atoms with Gasteiger partial charge in [0.25, 0.3) is 0 Å². The number of nitrogens with zero attached hydrogens (tertiary/aromatic N) is 1. The van der Waals surface area contributed by atoms with E-state index in [0.717, 1.165) is 12.8 Å². The standard InChI is InChI=1S/C11H18N2/c1-13-9-5-6-10(13)11(12)7-3-2-4-8-11/h5-6,9H,2-4,7-8,12H2,1H3. The van der Waals surface area contributed by atoms with Crippen molar-refractivity contribution in [1.29, 1.82) is 0 Å². The minimum Gasteiger partial charge on any atom is -0.353 e. The van der Waals surface area contributed by atoms with Crippen LogP contribution in [0.25, 0.3) is 0 Å². The van der Waals surface area contributed by atoms with E-state index in [-0.39, 0.29) is 5.54 Å². The van der Waals surface area contributed by atoms with E-state index in [4.69, 9.17) is 5.73 Å². The van der Waals surface area contributed by atoms with E-state index in [9.17, 15) is 0 Å². The zero-order valence-electron chi connectivity index (χ0n) is 8.29. The molecule has 2 nitrogen and oxygen atoms in total. The second kappa shape index (κ2) is 3.18. The van der Waals surface area contributed by atoms with Gasteiger partial charge in [0.05, 0.1) is 5.54 Å². The molecule has 2 rings (SSSR count). The zero-order valence-corrected chi connectivity index (χ0v) is 8.29. The Labute approximate surface area is 79.7 Å². The van der Waals surface area contributed by atoms with Gasteiger partial charge in [0.15, 0.2) is 0 Å². The van der Waals surface area contributed by atoms with Crippen LogP contribution >= 0.6 is 0 Å². The van der Waals surface area contributed by atoms with Crippen molar-refractivity contribution < 1.29 is 0 Å². The van der Waals surface area contributed by atoms with E-state index in [1.807, 2.05) is 0 Å². The maximum Gasteiger partial charge on any atom is 0.0563 e. The molecule has 0 spiro atoms. The van der Waals surface area contributed by atoms with Crippen molar-refractivity contribution in [3.63, 3.8) is 0 Å². The van der Waals surface area contributed by atoms with E-state index < -0.39 is 0 Å². The molecule has 2 N–H and O–H groups in total. The molecule has 1 heterocycles. The first-order chi connectivity index (χ1) is 6.22. The summed E-state index contributed by atoms with van der Waals surface area (Å²) in [5.74, 6) is 0. The van der Waals surface area contributed by atoms with Crippen LogP contribution in [0.5, 0.6) is 0 Å². The minimum absolute atomic E-state index is 0.0451. The van der Waals surface area contributed by atoms with Gasteiger partial charge in [0.2, 0.25) is 0 Å². The molecule has 0 saturated heterocycles. The number of hydrogen-bond acceptors (Lipinski definition) is 1. The lowest BCUT2D eigenvalue weighted by Gasteiger charge is -2.33.